The van der Waals surface area contributed by atoms with Crippen LogP contribution in [-0.2, 0) is 9.59 Å². The van der Waals surface area contributed by atoms with E-state index < -0.39 is 11.8 Å². The lowest BCUT2D eigenvalue weighted by Gasteiger charge is -2.20. The quantitative estimate of drug-likeness (QED) is 0.593. The van der Waals surface area contributed by atoms with Crippen molar-refractivity contribution in [1.29, 1.82) is 0 Å². The molecule has 156 valence electrons. The van der Waals surface area contributed by atoms with E-state index in [4.69, 9.17) is 33.7 Å². The number of amides is 2. The summed E-state index contributed by atoms with van der Waals surface area (Å²) in [5, 5.41) is 14.0. The van der Waals surface area contributed by atoms with Crippen molar-refractivity contribution >= 4 is 35.0 Å². The van der Waals surface area contributed by atoms with Gasteiger partial charge in [0.15, 0.2) is 0 Å². The number of hydrogen-bond donors (Lipinski definition) is 1. The molecule has 0 atom stereocenters. The molecule has 0 bridgehead atoms. The van der Waals surface area contributed by atoms with E-state index in [1.165, 1.54) is 0 Å². The lowest BCUT2D eigenvalue weighted by molar-refractivity contribution is -0.126. The molecule has 2 aromatic carbocycles. The summed E-state index contributed by atoms with van der Waals surface area (Å²) in [7, 11) is 0. The number of rotatable bonds is 7. The standard InChI is InChI=1S/C19H18Cl2N6O3/c1-11(2)19(29)26(10-17(22)28)27-24-18(23-25-27)13-5-3-4-6-15(13)30-16-8-7-12(20)9-14(16)21/h3-9,11H,10H2,1-2H3,(H2,22,28). The Balaban J connectivity index is 1.95. The number of nitrogens with zero attached hydrogens (tertiary/aromatic N) is 5. The van der Waals surface area contributed by atoms with Crippen LogP contribution in [0.2, 0.25) is 10.0 Å². The van der Waals surface area contributed by atoms with E-state index in [1.54, 1.807) is 56.3 Å². The first kappa shape index (κ1) is 21.5. The lowest BCUT2D eigenvalue weighted by Crippen LogP contribution is -2.49. The molecule has 9 nitrogen and oxygen atoms in total. The zero-order valence-electron chi connectivity index (χ0n) is 16.1. The highest BCUT2D eigenvalue weighted by Crippen LogP contribution is 2.35. The van der Waals surface area contributed by atoms with Crippen LogP contribution < -0.4 is 15.5 Å². The predicted molar refractivity (Wildman–Crippen MR) is 112 cm³/mol. The largest absolute Gasteiger partial charge is 0.455 e. The van der Waals surface area contributed by atoms with Crippen LogP contribution in [-0.4, -0.2) is 38.7 Å². The minimum absolute atomic E-state index is 0.182. The summed E-state index contributed by atoms with van der Waals surface area (Å²) < 4.78 is 5.91. The third-order valence-corrected chi connectivity index (χ3v) is 4.45. The summed E-state index contributed by atoms with van der Waals surface area (Å²) in [6.45, 7) is 2.99. The second kappa shape index (κ2) is 9.10. The fourth-order valence-corrected chi connectivity index (χ4v) is 2.96. The van der Waals surface area contributed by atoms with Gasteiger partial charge in [0.1, 0.15) is 18.0 Å². The minimum Gasteiger partial charge on any atom is -0.455 e. The Morgan fingerprint density at radius 1 is 1.17 bits per heavy atom. The van der Waals surface area contributed by atoms with Crippen molar-refractivity contribution in [3.8, 4) is 22.9 Å². The van der Waals surface area contributed by atoms with E-state index in [1.807, 2.05) is 0 Å². The second-order valence-corrected chi connectivity index (χ2v) is 7.41. The van der Waals surface area contributed by atoms with Crippen molar-refractivity contribution in [3.63, 3.8) is 0 Å². The number of halogens is 2. The molecular weight excluding hydrogens is 431 g/mol. The average molecular weight is 449 g/mol. The molecule has 11 heteroatoms. The maximum absolute atomic E-state index is 12.4. The molecule has 0 aliphatic rings. The first-order valence-corrected chi connectivity index (χ1v) is 9.64. The van der Waals surface area contributed by atoms with Crippen molar-refractivity contribution in [2.75, 3.05) is 11.6 Å². The predicted octanol–water partition coefficient (Wildman–Crippen LogP) is 3.05. The third-order valence-electron chi connectivity index (χ3n) is 3.92. The number of tetrazole rings is 1. The molecule has 0 fully saturated rings. The Kier molecular flexibility index (Phi) is 6.53. The number of primary amides is 1. The van der Waals surface area contributed by atoms with Gasteiger partial charge in [-0.3, -0.25) is 9.59 Å². The zero-order valence-corrected chi connectivity index (χ0v) is 17.6. The van der Waals surface area contributed by atoms with Crippen LogP contribution >= 0.6 is 23.2 Å². The Morgan fingerprint density at radius 2 is 1.90 bits per heavy atom. The lowest BCUT2D eigenvalue weighted by atomic mass is 10.2. The molecule has 0 radical (unpaired) electrons. The van der Waals surface area contributed by atoms with E-state index in [0.717, 1.165) is 9.91 Å². The van der Waals surface area contributed by atoms with Gasteiger partial charge in [0.2, 0.25) is 17.6 Å². The first-order chi connectivity index (χ1) is 14.3. The first-order valence-electron chi connectivity index (χ1n) is 8.88. The van der Waals surface area contributed by atoms with Crippen LogP contribution in [0.5, 0.6) is 11.5 Å². The maximum atomic E-state index is 12.4. The van der Waals surface area contributed by atoms with Gasteiger partial charge in [0, 0.05) is 10.9 Å². The van der Waals surface area contributed by atoms with Gasteiger partial charge in [-0.15, -0.1) is 10.2 Å². The van der Waals surface area contributed by atoms with E-state index in [2.05, 4.69) is 15.4 Å². The number of aromatic nitrogens is 4. The zero-order chi connectivity index (χ0) is 21.8. The Bertz CT molecular complexity index is 1090. The van der Waals surface area contributed by atoms with Crippen molar-refractivity contribution in [2.24, 2.45) is 11.7 Å². The molecule has 3 aromatic rings. The summed E-state index contributed by atoms with van der Waals surface area (Å²) >= 11 is 12.1. The summed E-state index contributed by atoms with van der Waals surface area (Å²) in [6, 6.07) is 11.8. The fraction of sp³-hybridized carbons (Fsp3) is 0.211. The molecule has 0 aliphatic heterocycles. The topological polar surface area (TPSA) is 116 Å². The second-order valence-electron chi connectivity index (χ2n) is 6.57. The van der Waals surface area contributed by atoms with E-state index in [9.17, 15) is 9.59 Å². The summed E-state index contributed by atoms with van der Waals surface area (Å²) in [6.07, 6.45) is 0. The van der Waals surface area contributed by atoms with Crippen molar-refractivity contribution < 1.29 is 14.3 Å². The number of para-hydroxylation sites is 1. The summed E-state index contributed by atoms with van der Waals surface area (Å²) in [4.78, 5) is 24.8. The minimum atomic E-state index is -0.705. The molecule has 3 rings (SSSR count). The van der Waals surface area contributed by atoms with Gasteiger partial charge in [-0.2, -0.15) is 0 Å². The van der Waals surface area contributed by atoms with E-state index in [-0.39, 0.29) is 18.3 Å². The molecule has 0 spiro atoms. The highest BCUT2D eigenvalue weighted by atomic mass is 35.5. The van der Waals surface area contributed by atoms with Crippen LogP contribution in [0.4, 0.5) is 0 Å². The van der Waals surface area contributed by atoms with Gasteiger partial charge in [-0.05, 0) is 35.5 Å². The monoisotopic (exact) mass is 448 g/mol. The van der Waals surface area contributed by atoms with E-state index >= 15 is 0 Å². The van der Waals surface area contributed by atoms with Crippen LogP contribution in [0, 0.1) is 5.92 Å². The number of ether oxygens (including phenoxy) is 1. The van der Waals surface area contributed by atoms with Gasteiger partial charge < -0.3 is 10.5 Å². The number of carbonyl (C=O) groups excluding carboxylic acids is 2. The molecule has 0 aliphatic carbocycles. The highest BCUT2D eigenvalue weighted by molar-refractivity contribution is 6.35. The molecule has 0 unspecified atom stereocenters. The molecule has 1 heterocycles. The third kappa shape index (κ3) is 4.87. The molecular formula is C19H18Cl2N6O3. The molecule has 1 aromatic heterocycles. The van der Waals surface area contributed by atoms with E-state index in [0.29, 0.717) is 27.1 Å². The molecule has 30 heavy (non-hydrogen) atoms. The van der Waals surface area contributed by atoms with Gasteiger partial charge in [0.25, 0.3) is 0 Å². The number of benzene rings is 2. The van der Waals surface area contributed by atoms with Crippen LogP contribution in [0.1, 0.15) is 13.8 Å². The number of carbonyl (C=O) groups is 2. The van der Waals surface area contributed by atoms with Gasteiger partial charge in [-0.1, -0.05) is 54.1 Å². The smallest absolute Gasteiger partial charge is 0.247 e. The molecule has 0 saturated carbocycles. The Morgan fingerprint density at radius 3 is 2.57 bits per heavy atom. The number of hydrogen-bond acceptors (Lipinski definition) is 6. The maximum Gasteiger partial charge on any atom is 0.247 e. The van der Waals surface area contributed by atoms with Crippen LogP contribution in [0.25, 0.3) is 11.4 Å². The molecule has 2 amide bonds. The van der Waals surface area contributed by atoms with Gasteiger partial charge in [0.05, 0.1) is 10.6 Å². The van der Waals surface area contributed by atoms with Crippen molar-refractivity contribution in [1.82, 2.24) is 20.3 Å². The SMILES string of the molecule is CC(C)C(=O)N(CC(N)=O)n1nnc(-c2ccccc2Oc2ccc(Cl)cc2Cl)n1. The van der Waals surface area contributed by atoms with Crippen molar-refractivity contribution in [2.45, 2.75) is 13.8 Å². The fourth-order valence-electron chi connectivity index (χ4n) is 2.51. The van der Waals surface area contributed by atoms with Crippen molar-refractivity contribution in [3.05, 3.63) is 52.5 Å². The Hall–Kier alpha value is -3.17. The molecule has 0 saturated heterocycles. The average Bonchev–Trinajstić information content (AvgIpc) is 3.17. The normalized spacial score (nSPS) is 10.8. The highest BCUT2D eigenvalue weighted by Gasteiger charge is 2.24. The van der Waals surface area contributed by atoms with Crippen LogP contribution in [0.15, 0.2) is 42.5 Å². The summed E-state index contributed by atoms with van der Waals surface area (Å²) in [5.41, 5.74) is 5.76. The van der Waals surface area contributed by atoms with Gasteiger partial charge in [-0.25, -0.2) is 5.01 Å². The molecule has 2 N–H and O–H groups in total. The summed E-state index contributed by atoms with van der Waals surface area (Å²) in [5.74, 6) is -0.494. The van der Waals surface area contributed by atoms with Gasteiger partial charge >= 0.3 is 0 Å². The number of nitrogens with two attached hydrogens (primary N) is 1. The Labute approximate surface area is 182 Å². The van der Waals surface area contributed by atoms with Crippen LogP contribution in [0.3, 0.4) is 0 Å².